The standard InChI is InChI=1S/C18H27F3N4O.HI/c1-22-17(23-8-9-25(10-11-26-2)16-6-7-16)24-13-14-4-3-5-15(12-14)18(19,20)21;/h3-5,12,16H,6-11,13H2,1-2H3,(H2,22,23,24);1H. The summed E-state index contributed by atoms with van der Waals surface area (Å²) >= 11 is 0. The fourth-order valence-electron chi connectivity index (χ4n) is 2.71. The van der Waals surface area contributed by atoms with Gasteiger partial charge in [-0.3, -0.25) is 9.89 Å². The fraction of sp³-hybridized carbons (Fsp3) is 0.611. The highest BCUT2D eigenvalue weighted by Crippen LogP contribution is 2.29. The molecule has 1 saturated carbocycles. The topological polar surface area (TPSA) is 48.9 Å². The Morgan fingerprint density at radius 1 is 1.26 bits per heavy atom. The second-order valence-electron chi connectivity index (χ2n) is 6.31. The summed E-state index contributed by atoms with van der Waals surface area (Å²) < 4.78 is 43.4. The molecule has 0 amide bonds. The highest BCUT2D eigenvalue weighted by Gasteiger charge is 2.30. The molecule has 0 aliphatic heterocycles. The summed E-state index contributed by atoms with van der Waals surface area (Å²) in [4.78, 5) is 6.51. The number of benzene rings is 1. The van der Waals surface area contributed by atoms with Gasteiger partial charge in [0, 0.05) is 46.4 Å². The monoisotopic (exact) mass is 500 g/mol. The molecule has 0 bridgehead atoms. The Morgan fingerprint density at radius 2 is 2.00 bits per heavy atom. The third-order valence-electron chi connectivity index (χ3n) is 4.28. The molecule has 0 unspecified atom stereocenters. The van der Waals surface area contributed by atoms with Crippen molar-refractivity contribution in [3.05, 3.63) is 35.4 Å². The maximum atomic E-state index is 12.8. The van der Waals surface area contributed by atoms with Crippen molar-refractivity contribution in [1.82, 2.24) is 15.5 Å². The van der Waals surface area contributed by atoms with E-state index in [1.165, 1.54) is 18.9 Å². The van der Waals surface area contributed by atoms with Crippen LogP contribution in [0.1, 0.15) is 24.0 Å². The van der Waals surface area contributed by atoms with Crippen LogP contribution < -0.4 is 10.6 Å². The van der Waals surface area contributed by atoms with Crippen LogP contribution >= 0.6 is 24.0 Å². The first kappa shape index (κ1) is 24.0. The Labute approximate surface area is 175 Å². The Hall–Kier alpha value is -1.07. The first-order valence-electron chi connectivity index (χ1n) is 8.77. The van der Waals surface area contributed by atoms with E-state index in [9.17, 15) is 13.2 Å². The summed E-state index contributed by atoms with van der Waals surface area (Å²) in [6.07, 6.45) is -1.87. The van der Waals surface area contributed by atoms with Gasteiger partial charge in [0.15, 0.2) is 5.96 Å². The molecule has 0 aromatic heterocycles. The van der Waals surface area contributed by atoms with Gasteiger partial charge in [0.1, 0.15) is 0 Å². The molecule has 27 heavy (non-hydrogen) atoms. The molecule has 2 rings (SSSR count). The van der Waals surface area contributed by atoms with Crippen molar-refractivity contribution in [2.45, 2.75) is 31.6 Å². The summed E-state index contributed by atoms with van der Waals surface area (Å²) in [5.41, 5.74) is -0.0829. The van der Waals surface area contributed by atoms with Crippen molar-refractivity contribution in [1.29, 1.82) is 0 Å². The van der Waals surface area contributed by atoms with Gasteiger partial charge in [0.2, 0.25) is 0 Å². The van der Waals surface area contributed by atoms with Crippen LogP contribution in [0, 0.1) is 0 Å². The molecular weight excluding hydrogens is 472 g/mol. The Balaban J connectivity index is 0.00000364. The second-order valence-corrected chi connectivity index (χ2v) is 6.31. The molecule has 0 heterocycles. The Bertz CT molecular complexity index is 594. The molecule has 5 nitrogen and oxygen atoms in total. The van der Waals surface area contributed by atoms with Gasteiger partial charge in [-0.05, 0) is 30.5 Å². The van der Waals surface area contributed by atoms with Crippen LogP contribution in [0.3, 0.4) is 0 Å². The molecule has 1 aliphatic carbocycles. The van der Waals surface area contributed by atoms with E-state index in [-0.39, 0.29) is 30.5 Å². The first-order valence-corrected chi connectivity index (χ1v) is 8.77. The lowest BCUT2D eigenvalue weighted by Gasteiger charge is -2.22. The van der Waals surface area contributed by atoms with Gasteiger partial charge in [-0.2, -0.15) is 13.2 Å². The zero-order chi connectivity index (χ0) is 19.0. The van der Waals surface area contributed by atoms with E-state index in [0.717, 1.165) is 25.2 Å². The lowest BCUT2D eigenvalue weighted by atomic mass is 10.1. The van der Waals surface area contributed by atoms with Crippen LogP contribution in [-0.4, -0.2) is 57.3 Å². The van der Waals surface area contributed by atoms with E-state index in [2.05, 4.69) is 20.5 Å². The summed E-state index contributed by atoms with van der Waals surface area (Å²) in [6, 6.07) is 5.95. The minimum atomic E-state index is -4.33. The highest BCUT2D eigenvalue weighted by atomic mass is 127. The number of aliphatic imine (C=N–C) groups is 1. The normalized spacial score (nSPS) is 14.8. The number of hydrogen-bond acceptors (Lipinski definition) is 3. The van der Waals surface area contributed by atoms with Crippen LogP contribution in [0.5, 0.6) is 0 Å². The molecule has 154 valence electrons. The van der Waals surface area contributed by atoms with Crippen molar-refractivity contribution in [3.63, 3.8) is 0 Å². The molecule has 0 saturated heterocycles. The molecule has 1 fully saturated rings. The molecular formula is C18H28F3IN4O. The lowest BCUT2D eigenvalue weighted by molar-refractivity contribution is -0.137. The number of guanidine groups is 1. The number of nitrogens with zero attached hydrogens (tertiary/aromatic N) is 2. The maximum Gasteiger partial charge on any atom is 0.416 e. The summed E-state index contributed by atoms with van der Waals surface area (Å²) in [5, 5.41) is 6.26. The average Bonchev–Trinajstić information content (AvgIpc) is 3.45. The van der Waals surface area contributed by atoms with E-state index >= 15 is 0 Å². The highest BCUT2D eigenvalue weighted by molar-refractivity contribution is 14.0. The summed E-state index contributed by atoms with van der Waals surface area (Å²) in [7, 11) is 3.34. The van der Waals surface area contributed by atoms with E-state index < -0.39 is 11.7 Å². The van der Waals surface area contributed by atoms with Crippen molar-refractivity contribution >= 4 is 29.9 Å². The minimum absolute atomic E-state index is 0. The van der Waals surface area contributed by atoms with Crippen molar-refractivity contribution in [3.8, 4) is 0 Å². The lowest BCUT2D eigenvalue weighted by Crippen LogP contribution is -2.42. The summed E-state index contributed by atoms with van der Waals surface area (Å²) in [5.74, 6) is 0.574. The number of methoxy groups -OCH3 is 1. The number of nitrogens with one attached hydrogen (secondary N) is 2. The van der Waals surface area contributed by atoms with Crippen molar-refractivity contribution in [2.75, 3.05) is 40.4 Å². The van der Waals surface area contributed by atoms with Crippen LogP contribution in [0.4, 0.5) is 13.2 Å². The molecule has 0 atom stereocenters. The molecule has 9 heteroatoms. The third-order valence-corrected chi connectivity index (χ3v) is 4.28. The van der Waals surface area contributed by atoms with Gasteiger partial charge in [-0.15, -0.1) is 24.0 Å². The molecule has 1 aliphatic rings. The number of ether oxygens (including phenoxy) is 1. The minimum Gasteiger partial charge on any atom is -0.383 e. The van der Waals surface area contributed by atoms with Crippen molar-refractivity contribution < 1.29 is 17.9 Å². The van der Waals surface area contributed by atoms with Crippen molar-refractivity contribution in [2.24, 2.45) is 4.99 Å². The summed E-state index contributed by atoms with van der Waals surface area (Å²) in [6.45, 7) is 3.47. The number of halogens is 4. The molecule has 1 aromatic carbocycles. The molecule has 2 N–H and O–H groups in total. The predicted octanol–water partition coefficient (Wildman–Crippen LogP) is 3.10. The first-order chi connectivity index (χ1) is 12.4. The second kappa shape index (κ2) is 11.7. The van der Waals surface area contributed by atoms with Crippen LogP contribution in [-0.2, 0) is 17.5 Å². The molecule has 0 radical (unpaired) electrons. The Morgan fingerprint density at radius 3 is 2.59 bits per heavy atom. The SMILES string of the molecule is CN=C(NCCN(CCOC)C1CC1)NCc1cccc(C(F)(F)F)c1.I. The maximum absolute atomic E-state index is 12.8. The number of rotatable bonds is 9. The van der Waals surface area contributed by atoms with Crippen LogP contribution in [0.25, 0.3) is 0 Å². The van der Waals surface area contributed by atoms with Gasteiger partial charge in [-0.25, -0.2) is 0 Å². The van der Waals surface area contributed by atoms with E-state index in [4.69, 9.17) is 4.74 Å². The zero-order valence-electron chi connectivity index (χ0n) is 15.7. The third kappa shape index (κ3) is 8.65. The zero-order valence-corrected chi connectivity index (χ0v) is 18.0. The van der Waals surface area contributed by atoms with E-state index in [1.54, 1.807) is 20.2 Å². The van der Waals surface area contributed by atoms with Gasteiger partial charge in [0.05, 0.1) is 12.2 Å². The largest absolute Gasteiger partial charge is 0.416 e. The van der Waals surface area contributed by atoms with E-state index in [1.807, 2.05) is 0 Å². The Kier molecular flexibility index (Phi) is 10.4. The van der Waals surface area contributed by atoms with Crippen LogP contribution in [0.2, 0.25) is 0 Å². The van der Waals surface area contributed by atoms with Gasteiger partial charge >= 0.3 is 6.18 Å². The fourth-order valence-corrected chi connectivity index (χ4v) is 2.71. The molecule has 1 aromatic rings. The molecule has 0 spiro atoms. The van der Waals surface area contributed by atoms with Gasteiger partial charge in [0.25, 0.3) is 0 Å². The van der Waals surface area contributed by atoms with Gasteiger partial charge in [-0.1, -0.05) is 12.1 Å². The smallest absolute Gasteiger partial charge is 0.383 e. The average molecular weight is 500 g/mol. The predicted molar refractivity (Wildman–Crippen MR) is 112 cm³/mol. The number of alkyl halides is 3. The van der Waals surface area contributed by atoms with E-state index in [0.29, 0.717) is 30.7 Å². The van der Waals surface area contributed by atoms with Gasteiger partial charge < -0.3 is 15.4 Å². The number of hydrogen-bond donors (Lipinski definition) is 2. The van der Waals surface area contributed by atoms with Crippen LogP contribution in [0.15, 0.2) is 29.3 Å². The quantitative estimate of drug-likeness (QED) is 0.311.